The largest absolute Gasteiger partial charge is 0.259 e. The van der Waals surface area contributed by atoms with Crippen LogP contribution in [-0.4, -0.2) is 19.7 Å². The predicted molar refractivity (Wildman–Crippen MR) is 69.6 cm³/mol. The molecule has 0 fully saturated rings. The van der Waals surface area contributed by atoms with Gasteiger partial charge in [-0.2, -0.15) is 5.10 Å². The number of nitrogens with zero attached hydrogens (tertiary/aromatic N) is 4. The van der Waals surface area contributed by atoms with E-state index in [1.54, 1.807) is 17.1 Å². The maximum absolute atomic E-state index is 5.86. The van der Waals surface area contributed by atoms with Gasteiger partial charge in [0.15, 0.2) is 0 Å². The Kier molecular flexibility index (Phi) is 2.78. The van der Waals surface area contributed by atoms with Gasteiger partial charge in [-0.15, -0.1) is 0 Å². The molecule has 0 radical (unpaired) electrons. The lowest BCUT2D eigenvalue weighted by Crippen LogP contribution is -1.99. The van der Waals surface area contributed by atoms with Crippen LogP contribution < -0.4 is 0 Å². The minimum Gasteiger partial charge on any atom is -0.259 e. The average Bonchev–Trinajstić information content (AvgIpc) is 2.89. The molecule has 0 unspecified atom stereocenters. The smallest absolute Gasteiger partial charge is 0.148 e. The third-order valence-corrected chi connectivity index (χ3v) is 2.69. The van der Waals surface area contributed by atoms with E-state index in [2.05, 4.69) is 15.1 Å². The maximum Gasteiger partial charge on any atom is 0.148 e. The molecule has 0 saturated heterocycles. The highest BCUT2D eigenvalue weighted by atomic mass is 35.5. The summed E-state index contributed by atoms with van der Waals surface area (Å²) in [4.78, 5) is 8.28. The van der Waals surface area contributed by atoms with Crippen LogP contribution in [0.15, 0.2) is 55.0 Å². The van der Waals surface area contributed by atoms with E-state index in [1.807, 2.05) is 36.4 Å². The summed E-state index contributed by atoms with van der Waals surface area (Å²) in [6, 6.07) is 11.7. The average molecular weight is 257 g/mol. The van der Waals surface area contributed by atoms with Gasteiger partial charge in [-0.25, -0.2) is 9.67 Å². The fourth-order valence-corrected chi connectivity index (χ4v) is 1.89. The molecule has 0 bridgehead atoms. The van der Waals surface area contributed by atoms with Gasteiger partial charge in [0.05, 0.1) is 30.0 Å². The van der Waals surface area contributed by atoms with Crippen LogP contribution in [0.3, 0.4) is 0 Å². The van der Waals surface area contributed by atoms with Crippen LogP contribution in [0.4, 0.5) is 0 Å². The van der Waals surface area contributed by atoms with Crippen LogP contribution in [0.2, 0.25) is 5.15 Å². The minimum atomic E-state index is 0.369. The third-order valence-electron chi connectivity index (χ3n) is 2.51. The summed E-state index contributed by atoms with van der Waals surface area (Å²) in [5.41, 5.74) is 2.53. The lowest BCUT2D eigenvalue weighted by atomic mass is 10.3. The molecule has 2 aromatic heterocycles. The van der Waals surface area contributed by atoms with Crippen molar-refractivity contribution >= 4 is 11.6 Å². The molecule has 0 spiro atoms. The Morgan fingerprint density at radius 2 is 1.83 bits per heavy atom. The zero-order valence-electron chi connectivity index (χ0n) is 9.36. The van der Waals surface area contributed by atoms with Gasteiger partial charge in [0.2, 0.25) is 0 Å². The van der Waals surface area contributed by atoms with Gasteiger partial charge >= 0.3 is 0 Å². The van der Waals surface area contributed by atoms with Gasteiger partial charge in [-0.3, -0.25) is 4.98 Å². The van der Waals surface area contributed by atoms with E-state index in [0.717, 1.165) is 11.4 Å². The van der Waals surface area contributed by atoms with E-state index >= 15 is 0 Å². The molecule has 0 atom stereocenters. The molecule has 0 aliphatic carbocycles. The van der Waals surface area contributed by atoms with E-state index in [0.29, 0.717) is 10.8 Å². The summed E-state index contributed by atoms with van der Waals surface area (Å²) < 4.78 is 1.81. The van der Waals surface area contributed by atoms with Crippen molar-refractivity contribution in [3.05, 3.63) is 60.1 Å². The minimum absolute atomic E-state index is 0.369. The van der Waals surface area contributed by atoms with E-state index in [-0.39, 0.29) is 0 Å². The number of aromatic nitrogens is 4. The highest BCUT2D eigenvalue weighted by molar-refractivity contribution is 6.29. The Morgan fingerprint density at radius 3 is 2.61 bits per heavy atom. The highest BCUT2D eigenvalue weighted by Crippen LogP contribution is 2.20. The Labute approximate surface area is 109 Å². The Morgan fingerprint density at radius 1 is 1.00 bits per heavy atom. The van der Waals surface area contributed by atoms with Crippen molar-refractivity contribution in [2.75, 3.05) is 0 Å². The number of halogens is 1. The Bertz CT molecular complexity index is 664. The van der Waals surface area contributed by atoms with Crippen molar-refractivity contribution in [1.82, 2.24) is 19.7 Å². The van der Waals surface area contributed by atoms with Gasteiger partial charge in [0, 0.05) is 0 Å². The number of benzene rings is 1. The Hall–Kier alpha value is -2.20. The molecule has 0 saturated carbocycles. The zero-order chi connectivity index (χ0) is 12.4. The molecule has 18 heavy (non-hydrogen) atoms. The molecule has 0 amide bonds. The van der Waals surface area contributed by atoms with Gasteiger partial charge in [0.1, 0.15) is 10.8 Å². The normalized spacial score (nSPS) is 10.5. The maximum atomic E-state index is 5.86. The monoisotopic (exact) mass is 256 g/mol. The van der Waals surface area contributed by atoms with Crippen LogP contribution in [0.1, 0.15) is 0 Å². The van der Waals surface area contributed by atoms with Crippen LogP contribution >= 0.6 is 11.6 Å². The second-order valence-corrected chi connectivity index (χ2v) is 4.08. The summed E-state index contributed by atoms with van der Waals surface area (Å²) in [7, 11) is 0. The van der Waals surface area contributed by atoms with Crippen LogP contribution in [0, 0.1) is 0 Å². The molecule has 0 aliphatic rings. The molecule has 3 rings (SSSR count). The molecular formula is C13H9ClN4. The number of para-hydroxylation sites is 1. The zero-order valence-corrected chi connectivity index (χ0v) is 10.1. The molecule has 1 aromatic carbocycles. The summed E-state index contributed by atoms with van der Waals surface area (Å²) in [6.07, 6.45) is 4.90. The lowest BCUT2D eigenvalue weighted by molar-refractivity contribution is 0.883. The first-order valence-electron chi connectivity index (χ1n) is 5.42. The third kappa shape index (κ3) is 1.98. The standard InChI is InChI=1S/C13H9ClN4/c14-13-9-15-8-11(17-13)12-6-7-16-18(12)10-4-2-1-3-5-10/h1-9H. The first-order chi connectivity index (χ1) is 8.84. The van der Waals surface area contributed by atoms with Crippen molar-refractivity contribution in [3.63, 3.8) is 0 Å². The van der Waals surface area contributed by atoms with Crippen LogP contribution in [-0.2, 0) is 0 Å². The molecule has 5 heteroatoms. The van der Waals surface area contributed by atoms with E-state index < -0.39 is 0 Å². The van der Waals surface area contributed by atoms with Crippen molar-refractivity contribution in [3.8, 4) is 17.1 Å². The van der Waals surface area contributed by atoms with E-state index in [4.69, 9.17) is 11.6 Å². The molecular weight excluding hydrogens is 248 g/mol. The lowest BCUT2D eigenvalue weighted by Gasteiger charge is -2.06. The summed E-state index contributed by atoms with van der Waals surface area (Å²) in [5.74, 6) is 0. The Balaban J connectivity index is 2.13. The number of rotatable bonds is 2. The van der Waals surface area contributed by atoms with Gasteiger partial charge < -0.3 is 0 Å². The summed E-state index contributed by atoms with van der Waals surface area (Å²) >= 11 is 5.86. The van der Waals surface area contributed by atoms with Crippen LogP contribution in [0.5, 0.6) is 0 Å². The first kappa shape index (κ1) is 10.9. The van der Waals surface area contributed by atoms with Gasteiger partial charge in [0.25, 0.3) is 0 Å². The first-order valence-corrected chi connectivity index (χ1v) is 5.80. The van der Waals surface area contributed by atoms with E-state index in [9.17, 15) is 0 Å². The fourth-order valence-electron chi connectivity index (χ4n) is 1.74. The molecule has 0 N–H and O–H groups in total. The van der Waals surface area contributed by atoms with Crippen molar-refractivity contribution in [2.45, 2.75) is 0 Å². The quantitative estimate of drug-likeness (QED) is 0.708. The van der Waals surface area contributed by atoms with Crippen LogP contribution in [0.25, 0.3) is 17.1 Å². The van der Waals surface area contributed by atoms with Crippen molar-refractivity contribution < 1.29 is 0 Å². The molecule has 3 aromatic rings. The SMILES string of the molecule is Clc1cncc(-c2ccnn2-c2ccccc2)n1. The molecule has 0 aliphatic heterocycles. The summed E-state index contributed by atoms with van der Waals surface area (Å²) in [5, 5.41) is 4.67. The second kappa shape index (κ2) is 4.58. The highest BCUT2D eigenvalue weighted by Gasteiger charge is 2.09. The number of hydrogen-bond acceptors (Lipinski definition) is 3. The second-order valence-electron chi connectivity index (χ2n) is 3.69. The molecule has 2 heterocycles. The predicted octanol–water partition coefficient (Wildman–Crippen LogP) is 2.98. The topological polar surface area (TPSA) is 43.6 Å². The molecule has 88 valence electrons. The van der Waals surface area contributed by atoms with E-state index in [1.165, 1.54) is 6.20 Å². The number of hydrogen-bond donors (Lipinski definition) is 0. The van der Waals surface area contributed by atoms with Crippen molar-refractivity contribution in [2.24, 2.45) is 0 Å². The molecule has 4 nitrogen and oxygen atoms in total. The van der Waals surface area contributed by atoms with Crippen molar-refractivity contribution in [1.29, 1.82) is 0 Å². The van der Waals surface area contributed by atoms with Gasteiger partial charge in [-0.1, -0.05) is 29.8 Å². The van der Waals surface area contributed by atoms with Gasteiger partial charge in [-0.05, 0) is 18.2 Å². The summed E-state index contributed by atoms with van der Waals surface area (Å²) in [6.45, 7) is 0. The fraction of sp³-hybridized carbons (Fsp3) is 0.